The molecule has 9 aromatic rings. The lowest BCUT2D eigenvalue weighted by atomic mass is 9.52. The summed E-state index contributed by atoms with van der Waals surface area (Å²) in [7, 11) is 0. The predicted octanol–water partition coefficient (Wildman–Crippen LogP) is 12.5. The molecule has 1 heterocycles. The van der Waals surface area contributed by atoms with Gasteiger partial charge in [0.2, 0.25) is 0 Å². The molecule has 0 aliphatic heterocycles. The van der Waals surface area contributed by atoms with Gasteiger partial charge < -0.3 is 0 Å². The van der Waals surface area contributed by atoms with Gasteiger partial charge in [0.1, 0.15) is 0 Å². The van der Waals surface area contributed by atoms with Crippen LogP contribution in [0.5, 0.6) is 0 Å². The second kappa shape index (κ2) is 11.7. The lowest BCUT2D eigenvalue weighted by molar-refractivity contribution is 0.636. The van der Waals surface area contributed by atoms with Gasteiger partial charge in [0.25, 0.3) is 0 Å². The van der Waals surface area contributed by atoms with Crippen molar-refractivity contribution in [1.29, 1.82) is 0 Å². The molecule has 3 aliphatic carbocycles. The third-order valence-corrected chi connectivity index (χ3v) is 12.6. The van der Waals surface area contributed by atoms with Crippen molar-refractivity contribution in [1.82, 2.24) is 9.97 Å². The molecule has 0 fully saturated rings. The smallest absolute Gasteiger partial charge is 0.161 e. The van der Waals surface area contributed by atoms with Gasteiger partial charge in [-0.25, -0.2) is 9.97 Å². The number of fused-ring (bicyclic) bond motifs is 12. The van der Waals surface area contributed by atoms with E-state index in [0.717, 1.165) is 33.9 Å². The van der Waals surface area contributed by atoms with Crippen LogP contribution in [0.2, 0.25) is 0 Å². The molecule has 260 valence electrons. The van der Waals surface area contributed by atoms with E-state index in [2.05, 4.69) is 206 Å². The zero-order chi connectivity index (χ0) is 36.8. The first-order chi connectivity index (χ1) is 27.8. The maximum atomic E-state index is 5.37. The van der Waals surface area contributed by atoms with Gasteiger partial charge in [-0.05, 0) is 72.8 Å². The zero-order valence-corrected chi connectivity index (χ0v) is 30.5. The SMILES string of the molecule is c1ccc(-c2cc(-c3ccccc3)nc(-c3cccc4c3-c3ccccc3C43c4ccccc4C4(c5ccccc5)c5ccccc5-c5cccc3c54)n2)cc1. The fourth-order valence-electron chi connectivity index (χ4n) is 10.6. The van der Waals surface area contributed by atoms with Crippen LogP contribution in [0.3, 0.4) is 0 Å². The van der Waals surface area contributed by atoms with E-state index >= 15 is 0 Å². The molecule has 2 nitrogen and oxygen atoms in total. The first-order valence-electron chi connectivity index (χ1n) is 19.4. The van der Waals surface area contributed by atoms with E-state index in [1.807, 2.05) is 0 Å². The first-order valence-corrected chi connectivity index (χ1v) is 19.4. The van der Waals surface area contributed by atoms with Gasteiger partial charge in [-0.15, -0.1) is 0 Å². The molecule has 0 N–H and O–H groups in total. The summed E-state index contributed by atoms with van der Waals surface area (Å²) in [6.45, 7) is 0. The standard InChI is InChI=1S/C54H34N2/c1-4-18-35(19-5-1)48-34-49(36-20-6-2-7-21-36)56-52(55-48)41-27-17-32-46-50(41)40-25-11-13-29-43(40)54(46)45-31-15-14-30-44(45)53(37-22-8-3-9-23-37)42-28-12-10-24-38(42)39-26-16-33-47(54)51(39)53/h1-34H. The molecule has 3 aliphatic rings. The maximum absolute atomic E-state index is 5.37. The fourth-order valence-corrected chi connectivity index (χ4v) is 10.6. The Bertz CT molecular complexity index is 2970. The van der Waals surface area contributed by atoms with Gasteiger partial charge in [-0.3, -0.25) is 0 Å². The molecule has 1 spiro atoms. The topological polar surface area (TPSA) is 25.8 Å². The minimum absolute atomic E-state index is 0.474. The van der Waals surface area contributed by atoms with Gasteiger partial charge in [0, 0.05) is 16.7 Å². The second-order valence-electron chi connectivity index (χ2n) is 15.2. The van der Waals surface area contributed by atoms with Gasteiger partial charge in [-0.2, -0.15) is 0 Å². The number of hydrogen-bond acceptors (Lipinski definition) is 2. The highest BCUT2D eigenvalue weighted by atomic mass is 14.9. The zero-order valence-electron chi connectivity index (χ0n) is 30.5. The van der Waals surface area contributed by atoms with E-state index in [0.29, 0.717) is 0 Å². The molecule has 0 amide bonds. The maximum Gasteiger partial charge on any atom is 0.161 e. The van der Waals surface area contributed by atoms with Crippen LogP contribution in [0, 0.1) is 0 Å². The highest BCUT2D eigenvalue weighted by Crippen LogP contribution is 2.69. The summed E-state index contributed by atoms with van der Waals surface area (Å²) in [6, 6.07) is 75.5. The Hall–Kier alpha value is -7.16. The lowest BCUT2D eigenvalue weighted by Gasteiger charge is -2.48. The summed E-state index contributed by atoms with van der Waals surface area (Å²) in [4.78, 5) is 10.7. The summed E-state index contributed by atoms with van der Waals surface area (Å²) >= 11 is 0. The lowest BCUT2D eigenvalue weighted by Crippen LogP contribution is -2.43. The highest BCUT2D eigenvalue weighted by molar-refractivity contribution is 5.99. The largest absolute Gasteiger partial charge is 0.228 e. The molecular weight excluding hydrogens is 677 g/mol. The molecule has 56 heavy (non-hydrogen) atoms. The van der Waals surface area contributed by atoms with Crippen LogP contribution < -0.4 is 0 Å². The minimum atomic E-state index is -0.580. The average molecular weight is 711 g/mol. The first kappa shape index (κ1) is 31.2. The highest BCUT2D eigenvalue weighted by Gasteiger charge is 2.59. The van der Waals surface area contributed by atoms with Crippen molar-refractivity contribution in [2.75, 3.05) is 0 Å². The summed E-state index contributed by atoms with van der Waals surface area (Å²) in [5.74, 6) is 0.724. The number of hydrogen-bond donors (Lipinski definition) is 0. The number of nitrogens with zero attached hydrogens (tertiary/aromatic N) is 2. The molecule has 12 rings (SSSR count). The van der Waals surface area contributed by atoms with Crippen molar-refractivity contribution in [3.63, 3.8) is 0 Å². The van der Waals surface area contributed by atoms with Gasteiger partial charge in [0.05, 0.1) is 22.2 Å². The average Bonchev–Trinajstić information content (AvgIpc) is 3.76. The molecule has 2 unspecified atom stereocenters. The van der Waals surface area contributed by atoms with E-state index in [1.165, 1.54) is 66.8 Å². The van der Waals surface area contributed by atoms with E-state index in [9.17, 15) is 0 Å². The predicted molar refractivity (Wildman–Crippen MR) is 227 cm³/mol. The van der Waals surface area contributed by atoms with E-state index in [4.69, 9.17) is 9.97 Å². The molecule has 0 radical (unpaired) electrons. The van der Waals surface area contributed by atoms with E-state index < -0.39 is 10.8 Å². The van der Waals surface area contributed by atoms with Crippen LogP contribution in [0.15, 0.2) is 206 Å². The summed E-state index contributed by atoms with van der Waals surface area (Å²) in [6.07, 6.45) is 0. The normalized spacial score (nSPS) is 17.8. The number of rotatable bonds is 4. The second-order valence-corrected chi connectivity index (χ2v) is 15.2. The monoisotopic (exact) mass is 710 g/mol. The van der Waals surface area contributed by atoms with Gasteiger partial charge in [-0.1, -0.05) is 200 Å². The minimum Gasteiger partial charge on any atom is -0.228 e. The van der Waals surface area contributed by atoms with E-state index in [-0.39, 0.29) is 0 Å². The van der Waals surface area contributed by atoms with Crippen LogP contribution in [-0.2, 0) is 10.8 Å². The van der Waals surface area contributed by atoms with Crippen molar-refractivity contribution < 1.29 is 0 Å². The molecule has 0 saturated carbocycles. The molecule has 0 saturated heterocycles. The van der Waals surface area contributed by atoms with Crippen LogP contribution in [0.1, 0.15) is 44.5 Å². The third kappa shape index (κ3) is 3.95. The Morgan fingerprint density at radius 1 is 0.304 bits per heavy atom. The van der Waals surface area contributed by atoms with Crippen LogP contribution in [0.4, 0.5) is 0 Å². The summed E-state index contributed by atoms with van der Waals surface area (Å²) in [5, 5.41) is 0. The quantitative estimate of drug-likeness (QED) is 0.182. The Morgan fingerprint density at radius 3 is 1.39 bits per heavy atom. The Kier molecular flexibility index (Phi) is 6.50. The van der Waals surface area contributed by atoms with E-state index in [1.54, 1.807) is 0 Å². The van der Waals surface area contributed by atoms with Crippen molar-refractivity contribution in [2.24, 2.45) is 0 Å². The summed E-state index contributed by atoms with van der Waals surface area (Å²) in [5.41, 5.74) is 19.5. The van der Waals surface area contributed by atoms with Crippen molar-refractivity contribution in [2.45, 2.75) is 10.8 Å². The van der Waals surface area contributed by atoms with Crippen LogP contribution in [-0.4, -0.2) is 9.97 Å². The van der Waals surface area contributed by atoms with Crippen molar-refractivity contribution in [3.05, 3.63) is 251 Å². The molecule has 1 aromatic heterocycles. The molecule has 2 heteroatoms. The van der Waals surface area contributed by atoms with Gasteiger partial charge in [0.15, 0.2) is 5.82 Å². The molecule has 2 atom stereocenters. The number of benzene rings is 8. The van der Waals surface area contributed by atoms with Crippen LogP contribution in [0.25, 0.3) is 56.2 Å². The Balaban J connectivity index is 1.21. The fraction of sp³-hybridized carbons (Fsp3) is 0.0370. The molecular formula is C54H34N2. The van der Waals surface area contributed by atoms with Crippen LogP contribution >= 0.6 is 0 Å². The summed E-state index contributed by atoms with van der Waals surface area (Å²) < 4.78 is 0. The van der Waals surface area contributed by atoms with Crippen molar-refractivity contribution >= 4 is 0 Å². The Morgan fingerprint density at radius 2 is 0.750 bits per heavy atom. The van der Waals surface area contributed by atoms with Crippen molar-refractivity contribution in [3.8, 4) is 56.2 Å². The number of aromatic nitrogens is 2. The molecule has 0 bridgehead atoms. The van der Waals surface area contributed by atoms with Gasteiger partial charge >= 0.3 is 0 Å². The Labute approximate surface area is 326 Å². The molecule has 8 aromatic carbocycles. The third-order valence-electron chi connectivity index (χ3n) is 12.6.